The van der Waals surface area contributed by atoms with Crippen LogP contribution in [-0.4, -0.2) is 42.9 Å². The van der Waals surface area contributed by atoms with E-state index in [1.807, 2.05) is 38.1 Å². The maximum atomic E-state index is 13.7. The first-order valence-electron chi connectivity index (χ1n) is 11.9. The van der Waals surface area contributed by atoms with Crippen molar-refractivity contribution in [1.82, 2.24) is 24.4 Å². The highest BCUT2D eigenvalue weighted by molar-refractivity contribution is 6.42. The van der Waals surface area contributed by atoms with Gasteiger partial charge in [0.1, 0.15) is 0 Å². The molecule has 0 atom stereocenters. The Balaban J connectivity index is 1.50. The van der Waals surface area contributed by atoms with E-state index in [2.05, 4.69) is 15.3 Å². The first-order chi connectivity index (χ1) is 17.8. The molecule has 5 rings (SSSR count). The van der Waals surface area contributed by atoms with E-state index in [1.54, 1.807) is 46.1 Å². The highest BCUT2D eigenvalue weighted by atomic mass is 35.5. The van der Waals surface area contributed by atoms with Crippen LogP contribution in [0.3, 0.4) is 0 Å². The molecule has 0 saturated heterocycles. The summed E-state index contributed by atoms with van der Waals surface area (Å²) in [5.41, 5.74) is 2.99. The average molecular weight is 535 g/mol. The van der Waals surface area contributed by atoms with Crippen LogP contribution in [-0.2, 0) is 13.0 Å². The standard InChI is InChI=1S/C27H24Cl2N6O2/c1-16(2)32-27-33-23-15-34(25(36)18-6-9-21(28)22(29)14-18)13-10-20(23)26(37)35(27)19-7-4-17(5-8-19)24-30-11-3-12-31-24/h3-9,11-12,14,16H,10,13,15H2,1-2H3,(H,32,33). The molecule has 4 aromatic rings. The molecule has 37 heavy (non-hydrogen) atoms. The third kappa shape index (κ3) is 5.08. The van der Waals surface area contributed by atoms with Gasteiger partial charge in [0.15, 0.2) is 5.82 Å². The summed E-state index contributed by atoms with van der Waals surface area (Å²) >= 11 is 12.1. The fraction of sp³-hybridized carbons (Fsp3) is 0.222. The molecular formula is C27H24Cl2N6O2. The zero-order chi connectivity index (χ0) is 26.1. The molecule has 0 radical (unpaired) electrons. The number of fused-ring (bicyclic) bond motifs is 1. The molecule has 0 saturated carbocycles. The molecule has 1 N–H and O–H groups in total. The Morgan fingerprint density at radius 1 is 1.03 bits per heavy atom. The second-order valence-electron chi connectivity index (χ2n) is 9.03. The monoisotopic (exact) mass is 534 g/mol. The van der Waals surface area contributed by atoms with Crippen molar-refractivity contribution in [2.75, 3.05) is 11.9 Å². The Morgan fingerprint density at radius 2 is 1.76 bits per heavy atom. The van der Waals surface area contributed by atoms with Gasteiger partial charge in [-0.25, -0.2) is 19.5 Å². The van der Waals surface area contributed by atoms with Crippen molar-refractivity contribution < 1.29 is 4.79 Å². The summed E-state index contributed by atoms with van der Waals surface area (Å²) in [6.45, 7) is 4.57. The molecule has 1 aliphatic heterocycles. The number of hydrogen-bond donors (Lipinski definition) is 1. The first kappa shape index (κ1) is 24.9. The van der Waals surface area contributed by atoms with E-state index in [9.17, 15) is 9.59 Å². The van der Waals surface area contributed by atoms with Crippen LogP contribution in [0.1, 0.15) is 35.5 Å². The minimum absolute atomic E-state index is 0.0331. The zero-order valence-corrected chi connectivity index (χ0v) is 21.8. The molecule has 0 aliphatic carbocycles. The van der Waals surface area contributed by atoms with Crippen LogP contribution < -0.4 is 10.9 Å². The summed E-state index contributed by atoms with van der Waals surface area (Å²) in [5.74, 6) is 0.843. The molecule has 10 heteroatoms. The van der Waals surface area contributed by atoms with Crippen molar-refractivity contribution in [3.05, 3.63) is 98.1 Å². The number of hydrogen-bond acceptors (Lipinski definition) is 6. The summed E-state index contributed by atoms with van der Waals surface area (Å²) in [7, 11) is 0. The normalized spacial score (nSPS) is 12.9. The number of nitrogens with one attached hydrogen (secondary N) is 1. The maximum Gasteiger partial charge on any atom is 0.263 e. The number of nitrogens with zero attached hydrogens (tertiary/aromatic N) is 5. The van der Waals surface area contributed by atoms with Crippen molar-refractivity contribution in [2.24, 2.45) is 0 Å². The molecule has 0 spiro atoms. The molecule has 3 heterocycles. The minimum atomic E-state index is -0.188. The van der Waals surface area contributed by atoms with Gasteiger partial charge in [-0.05, 0) is 68.8 Å². The lowest BCUT2D eigenvalue weighted by molar-refractivity contribution is 0.0731. The predicted molar refractivity (Wildman–Crippen MR) is 145 cm³/mol. The van der Waals surface area contributed by atoms with Crippen LogP contribution in [0.4, 0.5) is 5.95 Å². The van der Waals surface area contributed by atoms with Crippen molar-refractivity contribution in [2.45, 2.75) is 32.9 Å². The van der Waals surface area contributed by atoms with E-state index < -0.39 is 0 Å². The van der Waals surface area contributed by atoms with Crippen LogP contribution in [0.5, 0.6) is 0 Å². The van der Waals surface area contributed by atoms with Crippen molar-refractivity contribution in [1.29, 1.82) is 0 Å². The lowest BCUT2D eigenvalue weighted by atomic mass is 10.0. The third-order valence-corrected chi connectivity index (χ3v) is 6.79. The molecular weight excluding hydrogens is 511 g/mol. The van der Waals surface area contributed by atoms with Crippen LogP contribution in [0.15, 0.2) is 65.7 Å². The van der Waals surface area contributed by atoms with Crippen molar-refractivity contribution in [3.8, 4) is 17.1 Å². The molecule has 0 bridgehead atoms. The second kappa shape index (κ2) is 10.3. The van der Waals surface area contributed by atoms with Crippen LogP contribution in [0.25, 0.3) is 17.1 Å². The summed E-state index contributed by atoms with van der Waals surface area (Å²) in [4.78, 5) is 41.9. The molecule has 0 fully saturated rings. The topological polar surface area (TPSA) is 93.0 Å². The van der Waals surface area contributed by atoms with E-state index in [0.717, 1.165) is 5.56 Å². The Labute approximate surface area is 223 Å². The fourth-order valence-electron chi connectivity index (χ4n) is 4.28. The molecule has 8 nitrogen and oxygen atoms in total. The fourth-order valence-corrected chi connectivity index (χ4v) is 4.57. The molecule has 1 amide bonds. The number of amides is 1. The highest BCUT2D eigenvalue weighted by Gasteiger charge is 2.27. The largest absolute Gasteiger partial charge is 0.353 e. The molecule has 2 aromatic carbocycles. The summed E-state index contributed by atoms with van der Waals surface area (Å²) in [5, 5.41) is 4.00. The van der Waals surface area contributed by atoms with Gasteiger partial charge in [-0.1, -0.05) is 23.2 Å². The number of halogens is 2. The molecule has 2 aromatic heterocycles. The van der Waals surface area contributed by atoms with E-state index in [0.29, 0.717) is 57.3 Å². The SMILES string of the molecule is CC(C)Nc1nc2c(c(=O)n1-c1ccc(-c3ncccn3)cc1)CCN(C(=O)c1ccc(Cl)c(Cl)c1)C2. The van der Waals surface area contributed by atoms with E-state index in [-0.39, 0.29) is 24.1 Å². The van der Waals surface area contributed by atoms with Gasteiger partial charge in [-0.15, -0.1) is 0 Å². The lowest BCUT2D eigenvalue weighted by Gasteiger charge is -2.29. The number of benzene rings is 2. The van der Waals surface area contributed by atoms with Gasteiger partial charge in [0.25, 0.3) is 11.5 Å². The number of aromatic nitrogens is 4. The Hall–Kier alpha value is -3.75. The number of carbonyl (C=O) groups excluding carboxylic acids is 1. The van der Waals surface area contributed by atoms with Gasteiger partial charge >= 0.3 is 0 Å². The van der Waals surface area contributed by atoms with Gasteiger partial charge < -0.3 is 10.2 Å². The van der Waals surface area contributed by atoms with Gasteiger partial charge in [-0.3, -0.25) is 9.59 Å². The Morgan fingerprint density at radius 3 is 2.43 bits per heavy atom. The zero-order valence-electron chi connectivity index (χ0n) is 20.3. The van der Waals surface area contributed by atoms with Gasteiger partial charge in [0, 0.05) is 41.7 Å². The molecule has 0 unspecified atom stereocenters. The summed E-state index contributed by atoms with van der Waals surface area (Å²) in [6.07, 6.45) is 3.77. The maximum absolute atomic E-state index is 13.7. The summed E-state index contributed by atoms with van der Waals surface area (Å²) < 4.78 is 1.59. The van der Waals surface area contributed by atoms with Crippen molar-refractivity contribution >= 4 is 35.1 Å². The second-order valence-corrected chi connectivity index (χ2v) is 9.84. The van der Waals surface area contributed by atoms with Crippen molar-refractivity contribution in [3.63, 3.8) is 0 Å². The quantitative estimate of drug-likeness (QED) is 0.386. The summed E-state index contributed by atoms with van der Waals surface area (Å²) in [6, 6.07) is 14.1. The molecule has 188 valence electrons. The van der Waals surface area contributed by atoms with E-state index in [1.165, 1.54) is 0 Å². The highest BCUT2D eigenvalue weighted by Crippen LogP contribution is 2.26. The van der Waals surface area contributed by atoms with Gasteiger partial charge in [0.05, 0.1) is 28.0 Å². The van der Waals surface area contributed by atoms with E-state index in [4.69, 9.17) is 28.2 Å². The Bertz CT molecular complexity index is 1520. The van der Waals surface area contributed by atoms with E-state index >= 15 is 0 Å². The lowest BCUT2D eigenvalue weighted by Crippen LogP contribution is -2.41. The molecule has 1 aliphatic rings. The van der Waals surface area contributed by atoms with Crippen LogP contribution in [0, 0.1) is 0 Å². The van der Waals surface area contributed by atoms with Crippen LogP contribution in [0.2, 0.25) is 10.0 Å². The number of anilines is 1. The minimum Gasteiger partial charge on any atom is -0.353 e. The van der Waals surface area contributed by atoms with Gasteiger partial charge in [0.2, 0.25) is 5.95 Å². The third-order valence-electron chi connectivity index (χ3n) is 6.06. The number of carbonyl (C=O) groups is 1. The van der Waals surface area contributed by atoms with Gasteiger partial charge in [-0.2, -0.15) is 0 Å². The van der Waals surface area contributed by atoms with Crippen LogP contribution >= 0.6 is 23.2 Å². The first-order valence-corrected chi connectivity index (χ1v) is 12.6. The Kier molecular flexibility index (Phi) is 6.95. The number of rotatable bonds is 5. The average Bonchev–Trinajstić information content (AvgIpc) is 2.90. The predicted octanol–water partition coefficient (Wildman–Crippen LogP) is 5.02. The smallest absolute Gasteiger partial charge is 0.263 e.